The first-order chi connectivity index (χ1) is 10.7. The Morgan fingerprint density at radius 1 is 1.27 bits per heavy atom. The van der Waals surface area contributed by atoms with Gasteiger partial charge in [0.05, 0.1) is 18.8 Å². The number of ether oxygens (including phenoxy) is 1. The van der Waals surface area contributed by atoms with Crippen LogP contribution in [0.15, 0.2) is 24.3 Å². The molecular formula is C17H23ClN2O2. The predicted octanol–water partition coefficient (Wildman–Crippen LogP) is 2.72. The Bertz CT molecular complexity index is 531. The number of hydrogen-bond acceptors (Lipinski definition) is 3. The van der Waals surface area contributed by atoms with Gasteiger partial charge < -0.3 is 9.64 Å². The van der Waals surface area contributed by atoms with E-state index >= 15 is 0 Å². The van der Waals surface area contributed by atoms with Crippen LogP contribution in [-0.4, -0.2) is 54.5 Å². The number of halogens is 1. The number of hydrogen-bond donors (Lipinski definition) is 0. The second-order valence-corrected chi connectivity index (χ2v) is 6.49. The van der Waals surface area contributed by atoms with Crippen molar-refractivity contribution in [2.24, 2.45) is 0 Å². The first kappa shape index (κ1) is 15.8. The van der Waals surface area contributed by atoms with Crippen LogP contribution in [0.4, 0.5) is 0 Å². The Hall–Kier alpha value is -1.10. The monoisotopic (exact) mass is 322 g/mol. The number of benzene rings is 1. The molecule has 0 bridgehead atoms. The van der Waals surface area contributed by atoms with Crippen molar-refractivity contribution in [3.05, 3.63) is 34.9 Å². The molecule has 2 fully saturated rings. The van der Waals surface area contributed by atoms with E-state index in [-0.39, 0.29) is 18.1 Å². The maximum absolute atomic E-state index is 12.6. The maximum Gasteiger partial charge on any atom is 0.239 e. The molecule has 0 N–H and O–H groups in total. The number of nitrogens with zero attached hydrogens (tertiary/aromatic N) is 2. The summed E-state index contributed by atoms with van der Waals surface area (Å²) in [6, 6.07) is 7.70. The van der Waals surface area contributed by atoms with E-state index in [1.807, 2.05) is 36.1 Å². The van der Waals surface area contributed by atoms with Gasteiger partial charge in [0.15, 0.2) is 0 Å². The van der Waals surface area contributed by atoms with Gasteiger partial charge in [-0.1, -0.05) is 29.8 Å². The van der Waals surface area contributed by atoms with Crippen LogP contribution in [0.25, 0.3) is 0 Å². The Labute approximate surface area is 137 Å². The number of carbonyl (C=O) groups is 1. The highest BCUT2D eigenvalue weighted by Crippen LogP contribution is 2.29. The van der Waals surface area contributed by atoms with Crippen LogP contribution < -0.4 is 0 Å². The summed E-state index contributed by atoms with van der Waals surface area (Å²) < 4.78 is 5.88. The molecule has 0 radical (unpaired) electrons. The van der Waals surface area contributed by atoms with Crippen molar-refractivity contribution in [3.8, 4) is 0 Å². The summed E-state index contributed by atoms with van der Waals surface area (Å²) in [7, 11) is 0. The molecule has 3 rings (SSSR count). The molecule has 0 aromatic heterocycles. The molecule has 0 spiro atoms. The number of amides is 1. The van der Waals surface area contributed by atoms with Gasteiger partial charge in [0.25, 0.3) is 0 Å². The van der Waals surface area contributed by atoms with Crippen LogP contribution in [0.3, 0.4) is 0 Å². The second-order valence-electron chi connectivity index (χ2n) is 6.08. The lowest BCUT2D eigenvalue weighted by molar-refractivity contribution is -0.138. The van der Waals surface area contributed by atoms with Crippen molar-refractivity contribution >= 4 is 17.5 Å². The van der Waals surface area contributed by atoms with Crippen molar-refractivity contribution in [2.75, 3.05) is 32.8 Å². The minimum Gasteiger partial charge on any atom is -0.371 e. The molecule has 1 aromatic rings. The molecule has 2 heterocycles. The quantitative estimate of drug-likeness (QED) is 0.858. The fourth-order valence-corrected chi connectivity index (χ4v) is 3.56. The predicted molar refractivity (Wildman–Crippen MR) is 87.0 cm³/mol. The summed E-state index contributed by atoms with van der Waals surface area (Å²) in [5.41, 5.74) is 1.01. The highest BCUT2D eigenvalue weighted by atomic mass is 35.5. The Kier molecular flexibility index (Phi) is 5.01. The molecule has 0 saturated carbocycles. The van der Waals surface area contributed by atoms with E-state index in [0.717, 1.165) is 43.1 Å². The molecule has 4 nitrogen and oxygen atoms in total. The Morgan fingerprint density at radius 2 is 2.00 bits per heavy atom. The summed E-state index contributed by atoms with van der Waals surface area (Å²) in [6.07, 6.45) is 2.20. The fraction of sp³-hybridized carbons (Fsp3) is 0.588. The van der Waals surface area contributed by atoms with Crippen LogP contribution in [0.1, 0.15) is 31.4 Å². The van der Waals surface area contributed by atoms with Gasteiger partial charge in [0, 0.05) is 36.8 Å². The van der Waals surface area contributed by atoms with Crippen molar-refractivity contribution < 1.29 is 9.53 Å². The molecule has 2 aliphatic rings. The molecule has 1 aromatic carbocycles. The van der Waals surface area contributed by atoms with Gasteiger partial charge in [0.2, 0.25) is 5.91 Å². The first-order valence-electron chi connectivity index (χ1n) is 8.05. The molecule has 22 heavy (non-hydrogen) atoms. The topological polar surface area (TPSA) is 32.8 Å². The summed E-state index contributed by atoms with van der Waals surface area (Å²) in [4.78, 5) is 16.8. The maximum atomic E-state index is 12.6. The van der Waals surface area contributed by atoms with Gasteiger partial charge in [-0.2, -0.15) is 0 Å². The summed E-state index contributed by atoms with van der Waals surface area (Å²) in [5.74, 6) is 0.248. The van der Waals surface area contributed by atoms with Gasteiger partial charge in [-0.3, -0.25) is 9.69 Å². The van der Waals surface area contributed by atoms with Crippen LogP contribution in [0, 0.1) is 0 Å². The fourth-order valence-electron chi connectivity index (χ4n) is 3.30. The third kappa shape index (κ3) is 3.29. The van der Waals surface area contributed by atoms with E-state index in [9.17, 15) is 4.79 Å². The lowest BCUT2D eigenvalue weighted by atomic mass is 10.1. The van der Waals surface area contributed by atoms with Crippen LogP contribution in [0.2, 0.25) is 5.02 Å². The van der Waals surface area contributed by atoms with Gasteiger partial charge >= 0.3 is 0 Å². The SMILES string of the molecule is C[C@@H](C(=O)N1CCCC1)N1CCO[C@H](c2ccccc2Cl)C1. The van der Waals surface area contributed by atoms with E-state index in [1.54, 1.807) is 0 Å². The molecule has 5 heteroatoms. The average molecular weight is 323 g/mol. The summed E-state index contributed by atoms with van der Waals surface area (Å²) in [5, 5.41) is 0.730. The lowest BCUT2D eigenvalue weighted by Gasteiger charge is -2.37. The highest BCUT2D eigenvalue weighted by molar-refractivity contribution is 6.31. The number of morpholine rings is 1. The van der Waals surface area contributed by atoms with Gasteiger partial charge in [0.1, 0.15) is 0 Å². The van der Waals surface area contributed by atoms with E-state index in [0.29, 0.717) is 13.2 Å². The Morgan fingerprint density at radius 3 is 2.73 bits per heavy atom. The number of carbonyl (C=O) groups excluding carboxylic acids is 1. The number of likely N-dealkylation sites (tertiary alicyclic amines) is 1. The molecule has 0 unspecified atom stereocenters. The summed E-state index contributed by atoms with van der Waals surface area (Å²) >= 11 is 6.28. The molecular weight excluding hydrogens is 300 g/mol. The minimum atomic E-state index is -0.0908. The van der Waals surface area contributed by atoms with E-state index in [4.69, 9.17) is 16.3 Å². The van der Waals surface area contributed by atoms with Gasteiger partial charge in [-0.05, 0) is 25.8 Å². The largest absolute Gasteiger partial charge is 0.371 e. The zero-order valence-electron chi connectivity index (χ0n) is 13.0. The number of rotatable bonds is 3. The first-order valence-corrected chi connectivity index (χ1v) is 8.43. The van der Waals surface area contributed by atoms with E-state index in [2.05, 4.69) is 4.90 Å². The minimum absolute atomic E-state index is 0.0590. The highest BCUT2D eigenvalue weighted by Gasteiger charge is 2.32. The van der Waals surface area contributed by atoms with Crippen molar-refractivity contribution in [2.45, 2.75) is 31.9 Å². The molecule has 2 saturated heterocycles. The normalized spacial score (nSPS) is 24.5. The third-order valence-corrected chi connectivity index (χ3v) is 5.02. The Balaban J connectivity index is 1.67. The standard InChI is InChI=1S/C17H23ClN2O2/c1-13(17(21)19-8-4-5-9-19)20-10-11-22-16(12-20)14-6-2-3-7-15(14)18/h2-3,6-7,13,16H,4-5,8-12H2,1H3/t13-,16-/m0/s1. The van der Waals surface area contributed by atoms with Gasteiger partial charge in [-0.25, -0.2) is 0 Å². The molecule has 0 aliphatic carbocycles. The molecule has 1 amide bonds. The zero-order valence-corrected chi connectivity index (χ0v) is 13.8. The second kappa shape index (κ2) is 6.99. The van der Waals surface area contributed by atoms with Crippen molar-refractivity contribution in [1.29, 1.82) is 0 Å². The van der Waals surface area contributed by atoms with E-state index < -0.39 is 0 Å². The zero-order chi connectivity index (χ0) is 15.5. The average Bonchev–Trinajstić information content (AvgIpc) is 3.08. The summed E-state index contributed by atoms with van der Waals surface area (Å²) in [6.45, 7) is 5.96. The van der Waals surface area contributed by atoms with Crippen molar-refractivity contribution in [3.63, 3.8) is 0 Å². The smallest absolute Gasteiger partial charge is 0.239 e. The van der Waals surface area contributed by atoms with Crippen molar-refractivity contribution in [1.82, 2.24) is 9.80 Å². The van der Waals surface area contributed by atoms with Crippen LogP contribution in [0.5, 0.6) is 0 Å². The third-order valence-electron chi connectivity index (χ3n) is 4.67. The molecule has 120 valence electrons. The van der Waals surface area contributed by atoms with E-state index in [1.165, 1.54) is 0 Å². The van der Waals surface area contributed by atoms with Crippen LogP contribution >= 0.6 is 11.6 Å². The molecule has 2 atom stereocenters. The molecule has 2 aliphatic heterocycles. The van der Waals surface area contributed by atoms with Gasteiger partial charge in [-0.15, -0.1) is 0 Å². The lowest BCUT2D eigenvalue weighted by Crippen LogP contribution is -2.50. The van der Waals surface area contributed by atoms with Crippen LogP contribution in [-0.2, 0) is 9.53 Å².